The largest absolute Gasteiger partial charge is 0.459 e. The molecule has 2 rings (SSSR count). The predicted molar refractivity (Wildman–Crippen MR) is 58.1 cm³/mol. The molecule has 0 saturated heterocycles. The monoisotopic (exact) mass is 189 g/mol. The number of furan rings is 1. The molecule has 2 aromatic rings. The molecule has 0 unspecified atom stereocenters. The highest BCUT2D eigenvalue weighted by atomic mass is 16.3. The van der Waals surface area contributed by atoms with Gasteiger partial charge >= 0.3 is 0 Å². The van der Waals surface area contributed by atoms with Gasteiger partial charge in [0.05, 0.1) is 6.04 Å². The van der Waals surface area contributed by atoms with Crippen LogP contribution in [0.3, 0.4) is 0 Å². The van der Waals surface area contributed by atoms with Crippen LogP contribution in [0.25, 0.3) is 11.0 Å². The molecule has 14 heavy (non-hydrogen) atoms. The Morgan fingerprint density at radius 3 is 2.86 bits per heavy atom. The maximum atomic E-state index is 5.98. The average Bonchev–Trinajstić information content (AvgIpc) is 2.61. The number of hydrogen-bond donors (Lipinski definition) is 1. The van der Waals surface area contributed by atoms with Crippen molar-refractivity contribution in [3.63, 3.8) is 0 Å². The van der Waals surface area contributed by atoms with Gasteiger partial charge in [-0.05, 0) is 18.6 Å². The van der Waals surface area contributed by atoms with Crippen LogP contribution < -0.4 is 5.73 Å². The molecule has 0 aliphatic heterocycles. The number of benzene rings is 1. The first kappa shape index (κ1) is 9.28. The zero-order valence-corrected chi connectivity index (χ0v) is 8.36. The fourth-order valence-corrected chi connectivity index (χ4v) is 1.64. The molecule has 0 amide bonds. The molecule has 2 heteroatoms. The van der Waals surface area contributed by atoms with Gasteiger partial charge in [-0.3, -0.25) is 0 Å². The van der Waals surface area contributed by atoms with E-state index in [0.29, 0.717) is 0 Å². The van der Waals surface area contributed by atoms with E-state index >= 15 is 0 Å². The zero-order valence-electron chi connectivity index (χ0n) is 8.36. The summed E-state index contributed by atoms with van der Waals surface area (Å²) in [5.74, 6) is 0.896. The molecule has 0 spiro atoms. The van der Waals surface area contributed by atoms with Gasteiger partial charge in [-0.25, -0.2) is 0 Å². The van der Waals surface area contributed by atoms with Crippen molar-refractivity contribution in [2.45, 2.75) is 25.8 Å². The summed E-state index contributed by atoms with van der Waals surface area (Å²) in [5.41, 5.74) is 6.90. The average molecular weight is 189 g/mol. The standard InChI is InChI=1S/C12H15NO/c1-2-5-10(13)12-8-9-6-3-4-7-11(9)14-12/h3-4,6-8,10H,2,5,13H2,1H3/t10-/m0/s1. The molecule has 74 valence electrons. The molecule has 1 heterocycles. The molecule has 0 saturated carbocycles. The van der Waals surface area contributed by atoms with Crippen molar-refractivity contribution in [3.8, 4) is 0 Å². The van der Waals surface area contributed by atoms with Gasteiger partial charge in [0, 0.05) is 5.39 Å². The molecule has 1 atom stereocenters. The van der Waals surface area contributed by atoms with E-state index in [1.807, 2.05) is 30.3 Å². The van der Waals surface area contributed by atoms with Crippen molar-refractivity contribution in [3.05, 3.63) is 36.1 Å². The van der Waals surface area contributed by atoms with E-state index in [4.69, 9.17) is 10.2 Å². The van der Waals surface area contributed by atoms with Gasteiger partial charge in [-0.1, -0.05) is 31.5 Å². The van der Waals surface area contributed by atoms with Crippen molar-refractivity contribution in [1.82, 2.24) is 0 Å². The maximum Gasteiger partial charge on any atom is 0.134 e. The molecule has 2 nitrogen and oxygen atoms in total. The second-order valence-corrected chi connectivity index (χ2v) is 3.58. The van der Waals surface area contributed by atoms with E-state index in [-0.39, 0.29) is 6.04 Å². The fourth-order valence-electron chi connectivity index (χ4n) is 1.64. The Morgan fingerprint density at radius 1 is 1.36 bits per heavy atom. The quantitative estimate of drug-likeness (QED) is 0.805. The highest BCUT2D eigenvalue weighted by Gasteiger charge is 2.10. The Kier molecular flexibility index (Phi) is 2.55. The molecule has 0 radical (unpaired) electrons. The zero-order chi connectivity index (χ0) is 9.97. The van der Waals surface area contributed by atoms with Crippen LogP contribution in [0.15, 0.2) is 34.7 Å². The smallest absolute Gasteiger partial charge is 0.134 e. The molecule has 0 bridgehead atoms. The van der Waals surface area contributed by atoms with Crippen LogP contribution in [0.2, 0.25) is 0 Å². The summed E-state index contributed by atoms with van der Waals surface area (Å²) < 4.78 is 5.66. The number of fused-ring (bicyclic) bond motifs is 1. The van der Waals surface area contributed by atoms with Crippen LogP contribution in [0.1, 0.15) is 31.6 Å². The van der Waals surface area contributed by atoms with Gasteiger partial charge < -0.3 is 10.2 Å². The second kappa shape index (κ2) is 3.84. The summed E-state index contributed by atoms with van der Waals surface area (Å²) in [4.78, 5) is 0. The normalized spacial score (nSPS) is 13.3. The van der Waals surface area contributed by atoms with Gasteiger partial charge in [-0.15, -0.1) is 0 Å². The first-order chi connectivity index (χ1) is 6.81. The topological polar surface area (TPSA) is 39.2 Å². The van der Waals surface area contributed by atoms with Crippen molar-refractivity contribution >= 4 is 11.0 Å². The summed E-state index contributed by atoms with van der Waals surface area (Å²) in [6.07, 6.45) is 2.05. The fraction of sp³-hybridized carbons (Fsp3) is 0.333. The maximum absolute atomic E-state index is 5.98. The van der Waals surface area contributed by atoms with Crippen LogP contribution in [-0.2, 0) is 0 Å². The minimum atomic E-state index is 0.0346. The summed E-state index contributed by atoms with van der Waals surface area (Å²) in [5, 5.41) is 1.13. The molecule has 1 aromatic heterocycles. The number of para-hydroxylation sites is 1. The summed E-state index contributed by atoms with van der Waals surface area (Å²) in [6.45, 7) is 2.13. The van der Waals surface area contributed by atoms with E-state index in [1.54, 1.807) is 0 Å². The van der Waals surface area contributed by atoms with Crippen molar-refractivity contribution in [2.75, 3.05) is 0 Å². The minimum absolute atomic E-state index is 0.0346. The third-order valence-electron chi connectivity index (χ3n) is 2.41. The lowest BCUT2D eigenvalue weighted by molar-refractivity contribution is 0.475. The first-order valence-electron chi connectivity index (χ1n) is 5.05. The van der Waals surface area contributed by atoms with Crippen molar-refractivity contribution in [1.29, 1.82) is 0 Å². The first-order valence-corrected chi connectivity index (χ1v) is 5.05. The Morgan fingerprint density at radius 2 is 2.14 bits per heavy atom. The Hall–Kier alpha value is -1.28. The number of nitrogens with two attached hydrogens (primary N) is 1. The molecule has 1 aromatic carbocycles. The van der Waals surface area contributed by atoms with E-state index in [0.717, 1.165) is 29.6 Å². The Balaban J connectivity index is 2.35. The van der Waals surface area contributed by atoms with E-state index in [9.17, 15) is 0 Å². The third-order valence-corrected chi connectivity index (χ3v) is 2.41. The van der Waals surface area contributed by atoms with Gasteiger partial charge in [0.15, 0.2) is 0 Å². The lowest BCUT2D eigenvalue weighted by Gasteiger charge is -2.04. The summed E-state index contributed by atoms with van der Waals surface area (Å²) in [6, 6.07) is 10.1. The van der Waals surface area contributed by atoms with Crippen LogP contribution in [0, 0.1) is 0 Å². The second-order valence-electron chi connectivity index (χ2n) is 3.58. The van der Waals surface area contributed by atoms with Crippen LogP contribution >= 0.6 is 0 Å². The van der Waals surface area contributed by atoms with Gasteiger partial charge in [0.1, 0.15) is 11.3 Å². The molecule has 0 aliphatic carbocycles. The van der Waals surface area contributed by atoms with E-state index in [1.165, 1.54) is 0 Å². The van der Waals surface area contributed by atoms with E-state index in [2.05, 4.69) is 6.92 Å². The number of rotatable bonds is 3. The van der Waals surface area contributed by atoms with E-state index < -0.39 is 0 Å². The van der Waals surface area contributed by atoms with Gasteiger partial charge in [-0.2, -0.15) is 0 Å². The van der Waals surface area contributed by atoms with Crippen LogP contribution in [-0.4, -0.2) is 0 Å². The molecule has 2 N–H and O–H groups in total. The highest BCUT2D eigenvalue weighted by Crippen LogP contribution is 2.24. The lowest BCUT2D eigenvalue weighted by Crippen LogP contribution is -2.08. The van der Waals surface area contributed by atoms with Gasteiger partial charge in [0.25, 0.3) is 0 Å². The number of hydrogen-bond acceptors (Lipinski definition) is 2. The SMILES string of the molecule is CCC[C@H](N)c1cc2ccccc2o1. The molecular weight excluding hydrogens is 174 g/mol. The predicted octanol–water partition coefficient (Wildman–Crippen LogP) is 3.23. The minimum Gasteiger partial charge on any atom is -0.459 e. The van der Waals surface area contributed by atoms with Crippen LogP contribution in [0.4, 0.5) is 0 Å². The van der Waals surface area contributed by atoms with Crippen molar-refractivity contribution in [2.24, 2.45) is 5.73 Å². The van der Waals surface area contributed by atoms with Gasteiger partial charge in [0.2, 0.25) is 0 Å². The molecule has 0 fully saturated rings. The molecular formula is C12H15NO. The van der Waals surface area contributed by atoms with Crippen LogP contribution in [0.5, 0.6) is 0 Å². The molecule has 0 aliphatic rings. The summed E-state index contributed by atoms with van der Waals surface area (Å²) >= 11 is 0. The summed E-state index contributed by atoms with van der Waals surface area (Å²) in [7, 11) is 0. The Labute approximate surface area is 83.7 Å². The Bertz CT molecular complexity index is 386. The highest BCUT2D eigenvalue weighted by molar-refractivity contribution is 5.77. The van der Waals surface area contributed by atoms with Crippen molar-refractivity contribution < 1.29 is 4.42 Å². The third kappa shape index (κ3) is 1.66. The lowest BCUT2D eigenvalue weighted by atomic mass is 10.1.